The zero-order chi connectivity index (χ0) is 15.5. The van der Waals surface area contributed by atoms with Crippen LogP contribution in [0.3, 0.4) is 0 Å². The average Bonchev–Trinajstić information content (AvgIpc) is 2.98. The van der Waals surface area contributed by atoms with Crippen molar-refractivity contribution in [2.75, 3.05) is 18.5 Å². The standard InChI is InChI=1S/C14H15ClN4O3/c1-8(20)16-14-17-10-4-5-11(15)18-12(10)13(19-14)22-7-9-3-2-6-21-9/h4-5,9H,2-3,6-7H2,1H3,(H,16,17,19,20). The van der Waals surface area contributed by atoms with Crippen LogP contribution in [0.2, 0.25) is 5.15 Å². The van der Waals surface area contributed by atoms with Gasteiger partial charge in [0.1, 0.15) is 11.8 Å². The average molecular weight is 323 g/mol. The van der Waals surface area contributed by atoms with E-state index in [0.29, 0.717) is 22.8 Å². The first-order valence-corrected chi connectivity index (χ1v) is 7.36. The van der Waals surface area contributed by atoms with Gasteiger partial charge in [-0.2, -0.15) is 4.98 Å². The molecule has 0 radical (unpaired) electrons. The Morgan fingerprint density at radius 3 is 3.05 bits per heavy atom. The monoisotopic (exact) mass is 322 g/mol. The van der Waals surface area contributed by atoms with Crippen LogP contribution in [0.1, 0.15) is 19.8 Å². The van der Waals surface area contributed by atoms with Gasteiger partial charge in [-0.15, -0.1) is 0 Å². The normalized spacial score (nSPS) is 17.6. The summed E-state index contributed by atoms with van der Waals surface area (Å²) in [6.07, 6.45) is 2.03. The Kier molecular flexibility index (Phi) is 4.35. The zero-order valence-electron chi connectivity index (χ0n) is 12.0. The molecule has 1 fully saturated rings. The number of nitrogens with zero attached hydrogens (tertiary/aromatic N) is 3. The lowest BCUT2D eigenvalue weighted by Gasteiger charge is -2.13. The van der Waals surface area contributed by atoms with E-state index in [4.69, 9.17) is 21.1 Å². The van der Waals surface area contributed by atoms with Crippen molar-refractivity contribution < 1.29 is 14.3 Å². The van der Waals surface area contributed by atoms with Gasteiger partial charge in [0.2, 0.25) is 17.7 Å². The molecule has 1 atom stereocenters. The van der Waals surface area contributed by atoms with Crippen LogP contribution in [-0.2, 0) is 9.53 Å². The number of hydrogen-bond donors (Lipinski definition) is 1. The number of amides is 1. The van der Waals surface area contributed by atoms with E-state index in [1.165, 1.54) is 6.92 Å². The number of halogens is 1. The van der Waals surface area contributed by atoms with Gasteiger partial charge in [0, 0.05) is 13.5 Å². The van der Waals surface area contributed by atoms with Crippen molar-refractivity contribution in [1.29, 1.82) is 0 Å². The molecular weight excluding hydrogens is 308 g/mol. The Bertz CT molecular complexity index is 704. The van der Waals surface area contributed by atoms with Gasteiger partial charge >= 0.3 is 0 Å². The lowest BCUT2D eigenvalue weighted by Crippen LogP contribution is -2.18. The molecule has 1 N–H and O–H groups in total. The maximum atomic E-state index is 11.2. The predicted molar refractivity (Wildman–Crippen MR) is 81.1 cm³/mol. The van der Waals surface area contributed by atoms with E-state index in [-0.39, 0.29) is 23.8 Å². The summed E-state index contributed by atoms with van der Waals surface area (Å²) < 4.78 is 11.3. The van der Waals surface area contributed by atoms with E-state index in [1.807, 2.05) is 0 Å². The van der Waals surface area contributed by atoms with Crippen molar-refractivity contribution in [3.05, 3.63) is 17.3 Å². The minimum absolute atomic E-state index is 0.0495. The van der Waals surface area contributed by atoms with Crippen LogP contribution >= 0.6 is 11.6 Å². The first kappa shape index (κ1) is 14.9. The highest BCUT2D eigenvalue weighted by atomic mass is 35.5. The Morgan fingerprint density at radius 1 is 1.45 bits per heavy atom. The van der Waals surface area contributed by atoms with E-state index < -0.39 is 0 Å². The fourth-order valence-electron chi connectivity index (χ4n) is 2.23. The highest BCUT2D eigenvalue weighted by Gasteiger charge is 2.18. The third-order valence-electron chi connectivity index (χ3n) is 3.19. The van der Waals surface area contributed by atoms with E-state index in [9.17, 15) is 4.79 Å². The molecule has 0 aromatic carbocycles. The van der Waals surface area contributed by atoms with Crippen LogP contribution < -0.4 is 10.1 Å². The molecule has 2 aromatic rings. The van der Waals surface area contributed by atoms with E-state index >= 15 is 0 Å². The van der Waals surface area contributed by atoms with Crippen LogP contribution in [0.4, 0.5) is 5.95 Å². The minimum atomic E-state index is -0.258. The highest BCUT2D eigenvalue weighted by molar-refractivity contribution is 6.29. The van der Waals surface area contributed by atoms with E-state index in [1.54, 1.807) is 12.1 Å². The van der Waals surface area contributed by atoms with Crippen LogP contribution in [0.25, 0.3) is 11.0 Å². The lowest BCUT2D eigenvalue weighted by molar-refractivity contribution is -0.114. The summed E-state index contributed by atoms with van der Waals surface area (Å²) in [7, 11) is 0. The summed E-state index contributed by atoms with van der Waals surface area (Å²) in [5.41, 5.74) is 1.00. The van der Waals surface area contributed by atoms with Crippen molar-refractivity contribution in [2.45, 2.75) is 25.9 Å². The second-order valence-electron chi connectivity index (χ2n) is 4.98. The van der Waals surface area contributed by atoms with E-state index in [2.05, 4.69) is 20.3 Å². The summed E-state index contributed by atoms with van der Waals surface area (Å²) in [5, 5.41) is 2.87. The number of rotatable bonds is 4. The molecule has 1 saturated heterocycles. The zero-order valence-corrected chi connectivity index (χ0v) is 12.8. The lowest BCUT2D eigenvalue weighted by atomic mass is 10.2. The van der Waals surface area contributed by atoms with Crippen molar-refractivity contribution in [1.82, 2.24) is 15.0 Å². The third-order valence-corrected chi connectivity index (χ3v) is 3.40. The first-order chi connectivity index (χ1) is 10.6. The molecule has 1 unspecified atom stereocenters. The number of aromatic nitrogens is 3. The van der Waals surface area contributed by atoms with Crippen molar-refractivity contribution >= 4 is 34.5 Å². The third kappa shape index (κ3) is 3.42. The van der Waals surface area contributed by atoms with Gasteiger partial charge in [0.05, 0.1) is 11.6 Å². The molecule has 7 nitrogen and oxygen atoms in total. The quantitative estimate of drug-likeness (QED) is 0.868. The summed E-state index contributed by atoms with van der Waals surface area (Å²) in [5.74, 6) is 0.199. The molecule has 1 aliphatic heterocycles. The fraction of sp³-hybridized carbons (Fsp3) is 0.429. The number of pyridine rings is 1. The van der Waals surface area contributed by atoms with Crippen molar-refractivity contribution in [3.8, 4) is 5.88 Å². The summed E-state index contributed by atoms with van der Waals surface area (Å²) >= 11 is 5.93. The molecular formula is C14H15ClN4O3. The first-order valence-electron chi connectivity index (χ1n) is 6.98. The van der Waals surface area contributed by atoms with Crippen LogP contribution in [-0.4, -0.2) is 40.2 Å². The van der Waals surface area contributed by atoms with Crippen LogP contribution in [0.15, 0.2) is 12.1 Å². The molecule has 0 spiro atoms. The smallest absolute Gasteiger partial charge is 0.245 e. The summed E-state index contributed by atoms with van der Waals surface area (Å²) in [6.45, 7) is 2.51. The fourth-order valence-corrected chi connectivity index (χ4v) is 2.37. The van der Waals surface area contributed by atoms with Gasteiger partial charge in [-0.05, 0) is 25.0 Å². The van der Waals surface area contributed by atoms with Crippen molar-refractivity contribution in [2.24, 2.45) is 0 Å². The number of nitrogens with one attached hydrogen (secondary N) is 1. The Balaban J connectivity index is 1.92. The Hall–Kier alpha value is -1.99. The number of carbonyl (C=O) groups is 1. The molecule has 2 aromatic heterocycles. The molecule has 3 heterocycles. The summed E-state index contributed by atoms with van der Waals surface area (Å²) in [6, 6.07) is 3.33. The predicted octanol–water partition coefficient (Wildman–Crippen LogP) is 2.19. The van der Waals surface area contributed by atoms with Gasteiger partial charge in [-0.3, -0.25) is 10.1 Å². The second-order valence-corrected chi connectivity index (χ2v) is 5.37. The maximum Gasteiger partial charge on any atom is 0.245 e. The Labute approximate surface area is 132 Å². The molecule has 1 amide bonds. The molecule has 0 bridgehead atoms. The van der Waals surface area contributed by atoms with Crippen molar-refractivity contribution in [3.63, 3.8) is 0 Å². The van der Waals surface area contributed by atoms with Crippen LogP contribution in [0, 0.1) is 0 Å². The molecule has 0 aliphatic carbocycles. The second kappa shape index (κ2) is 6.41. The molecule has 8 heteroatoms. The largest absolute Gasteiger partial charge is 0.473 e. The molecule has 3 rings (SSSR count). The van der Waals surface area contributed by atoms with Gasteiger partial charge in [0.25, 0.3) is 0 Å². The Morgan fingerprint density at radius 2 is 2.32 bits per heavy atom. The number of hydrogen-bond acceptors (Lipinski definition) is 6. The van der Waals surface area contributed by atoms with Gasteiger partial charge in [0.15, 0.2) is 5.52 Å². The molecule has 1 aliphatic rings. The topological polar surface area (TPSA) is 86.2 Å². The molecule has 116 valence electrons. The minimum Gasteiger partial charge on any atom is -0.473 e. The molecule has 22 heavy (non-hydrogen) atoms. The maximum absolute atomic E-state index is 11.2. The number of fused-ring (bicyclic) bond motifs is 1. The van der Waals surface area contributed by atoms with Gasteiger partial charge in [-0.25, -0.2) is 9.97 Å². The number of ether oxygens (including phenoxy) is 2. The molecule has 0 saturated carbocycles. The number of anilines is 1. The number of carbonyl (C=O) groups excluding carboxylic acids is 1. The van der Waals surface area contributed by atoms with E-state index in [0.717, 1.165) is 19.4 Å². The SMILES string of the molecule is CC(=O)Nc1nc(OCC2CCCO2)c2nc(Cl)ccc2n1. The van der Waals surface area contributed by atoms with Crippen LogP contribution in [0.5, 0.6) is 5.88 Å². The summed E-state index contributed by atoms with van der Waals surface area (Å²) in [4.78, 5) is 23.8. The van der Waals surface area contributed by atoms with Gasteiger partial charge < -0.3 is 9.47 Å². The highest BCUT2D eigenvalue weighted by Crippen LogP contribution is 2.25. The van der Waals surface area contributed by atoms with Gasteiger partial charge in [-0.1, -0.05) is 11.6 Å².